The Bertz CT molecular complexity index is 535. The summed E-state index contributed by atoms with van der Waals surface area (Å²) < 4.78 is 9.88. The highest BCUT2D eigenvalue weighted by Crippen LogP contribution is 2.17. The lowest BCUT2D eigenvalue weighted by Gasteiger charge is -1.97. The number of carbonyl (C=O) groups is 2. The predicted molar refractivity (Wildman–Crippen MR) is 68.8 cm³/mol. The van der Waals surface area contributed by atoms with Crippen LogP contribution >= 0.6 is 0 Å². The summed E-state index contributed by atoms with van der Waals surface area (Å²) >= 11 is 0. The van der Waals surface area contributed by atoms with Gasteiger partial charge in [0.1, 0.15) is 5.76 Å². The number of aliphatic imine (C=N–C) groups is 1. The highest BCUT2D eigenvalue weighted by atomic mass is 16.5. The Kier molecular flexibility index (Phi) is 5.05. The van der Waals surface area contributed by atoms with Crippen molar-refractivity contribution in [2.45, 2.75) is 20.8 Å². The van der Waals surface area contributed by atoms with Gasteiger partial charge in [-0.1, -0.05) is 0 Å². The topological polar surface area (TPSA) is 89.1 Å². The first-order chi connectivity index (χ1) is 8.95. The van der Waals surface area contributed by atoms with Gasteiger partial charge >= 0.3 is 5.97 Å². The number of rotatable bonds is 5. The number of ether oxygens (including phenoxy) is 1. The number of furan rings is 1. The van der Waals surface area contributed by atoms with Crippen molar-refractivity contribution in [3.05, 3.63) is 29.2 Å². The maximum Gasteiger partial charge on any atom is 0.374 e. The molecule has 0 aliphatic heterocycles. The Morgan fingerprint density at radius 2 is 2.11 bits per heavy atom. The molecule has 0 fully saturated rings. The second kappa shape index (κ2) is 6.53. The third kappa shape index (κ3) is 4.09. The summed E-state index contributed by atoms with van der Waals surface area (Å²) in [6, 6.07) is 2.89. The Morgan fingerprint density at radius 1 is 1.42 bits per heavy atom. The molecule has 6 heteroatoms. The van der Waals surface area contributed by atoms with Crippen molar-refractivity contribution in [3.63, 3.8) is 0 Å². The van der Waals surface area contributed by atoms with Crippen LogP contribution in [0.2, 0.25) is 0 Å². The summed E-state index contributed by atoms with van der Waals surface area (Å²) in [6.07, 6.45) is 1.19. The molecule has 1 aromatic heterocycles. The molecule has 0 aliphatic rings. The number of Topliss-reactive ketones (excluding diaryl/α,β-unsaturated/α-hetero) is 1. The zero-order valence-corrected chi connectivity index (χ0v) is 11.0. The van der Waals surface area contributed by atoms with E-state index in [1.165, 1.54) is 32.2 Å². The maximum absolute atomic E-state index is 11.3. The van der Waals surface area contributed by atoms with Gasteiger partial charge in [0.15, 0.2) is 5.78 Å². The van der Waals surface area contributed by atoms with E-state index in [9.17, 15) is 14.7 Å². The van der Waals surface area contributed by atoms with Crippen LogP contribution in [0.5, 0.6) is 0 Å². The second-order valence-corrected chi connectivity index (χ2v) is 3.67. The smallest absolute Gasteiger partial charge is 0.374 e. The fourth-order valence-electron chi connectivity index (χ4n) is 1.28. The Labute approximate surface area is 110 Å². The number of hydrogen-bond acceptors (Lipinski definition) is 6. The van der Waals surface area contributed by atoms with Gasteiger partial charge in [-0.3, -0.25) is 4.79 Å². The van der Waals surface area contributed by atoms with Gasteiger partial charge in [0.2, 0.25) is 11.6 Å². The molecule has 1 aromatic rings. The Balaban J connectivity index is 2.87. The molecule has 0 bridgehead atoms. The van der Waals surface area contributed by atoms with Gasteiger partial charge in [0.05, 0.1) is 12.2 Å². The van der Waals surface area contributed by atoms with E-state index in [0.717, 1.165) is 0 Å². The molecule has 1 heterocycles. The summed E-state index contributed by atoms with van der Waals surface area (Å²) in [5.74, 6) is -0.856. The highest BCUT2D eigenvalue weighted by Gasteiger charge is 2.11. The van der Waals surface area contributed by atoms with Gasteiger partial charge in [0, 0.05) is 12.3 Å². The second-order valence-electron chi connectivity index (χ2n) is 3.67. The largest absolute Gasteiger partial charge is 0.512 e. The summed E-state index contributed by atoms with van der Waals surface area (Å²) in [5, 5.41) is 9.29. The monoisotopic (exact) mass is 265 g/mol. The zero-order valence-electron chi connectivity index (χ0n) is 11.0. The highest BCUT2D eigenvalue weighted by molar-refractivity contribution is 6.12. The van der Waals surface area contributed by atoms with Crippen molar-refractivity contribution >= 4 is 23.9 Å². The summed E-state index contributed by atoms with van der Waals surface area (Å²) in [4.78, 5) is 26.4. The SMILES string of the molecule is CCOC(=O)c1ccc(/N=C/C(C(C)=O)=C(/C)O)o1. The Hall–Kier alpha value is -2.37. The van der Waals surface area contributed by atoms with E-state index in [1.807, 2.05) is 0 Å². The van der Waals surface area contributed by atoms with Crippen LogP contribution in [-0.4, -0.2) is 29.7 Å². The van der Waals surface area contributed by atoms with E-state index < -0.39 is 5.97 Å². The number of esters is 1. The third-order valence-corrected chi connectivity index (χ3v) is 2.16. The van der Waals surface area contributed by atoms with Gasteiger partial charge in [-0.2, -0.15) is 0 Å². The van der Waals surface area contributed by atoms with E-state index in [-0.39, 0.29) is 35.4 Å². The molecular formula is C13H15NO5. The summed E-state index contributed by atoms with van der Waals surface area (Å²) in [7, 11) is 0. The van der Waals surface area contributed by atoms with E-state index in [4.69, 9.17) is 9.15 Å². The molecule has 0 aromatic carbocycles. The van der Waals surface area contributed by atoms with Crippen molar-refractivity contribution in [2.24, 2.45) is 4.99 Å². The number of aliphatic hydroxyl groups is 1. The number of ketones is 1. The van der Waals surface area contributed by atoms with Crippen LogP contribution in [0.4, 0.5) is 5.88 Å². The average molecular weight is 265 g/mol. The maximum atomic E-state index is 11.3. The first-order valence-corrected chi connectivity index (χ1v) is 5.67. The van der Waals surface area contributed by atoms with Crippen molar-refractivity contribution in [1.29, 1.82) is 0 Å². The fraction of sp³-hybridized carbons (Fsp3) is 0.308. The molecule has 0 aliphatic carbocycles. The molecule has 6 nitrogen and oxygen atoms in total. The number of carbonyl (C=O) groups excluding carboxylic acids is 2. The first-order valence-electron chi connectivity index (χ1n) is 5.67. The van der Waals surface area contributed by atoms with E-state index >= 15 is 0 Å². The van der Waals surface area contributed by atoms with Crippen LogP contribution in [0.3, 0.4) is 0 Å². The Morgan fingerprint density at radius 3 is 2.63 bits per heavy atom. The fourth-order valence-corrected chi connectivity index (χ4v) is 1.28. The van der Waals surface area contributed by atoms with Crippen LogP contribution in [0.25, 0.3) is 0 Å². The van der Waals surface area contributed by atoms with Gasteiger partial charge in [-0.05, 0) is 26.8 Å². The standard InChI is InChI=1S/C13H15NO5/c1-4-18-13(17)11-5-6-12(19-11)14-7-10(8(2)15)9(3)16/h5-7,15H,4H2,1-3H3/b10-8+,14-7+. The molecule has 0 saturated heterocycles. The van der Waals surface area contributed by atoms with Gasteiger partial charge in [0.25, 0.3) is 0 Å². The summed E-state index contributed by atoms with van der Waals surface area (Å²) in [5.41, 5.74) is 0.0779. The minimum absolute atomic E-state index is 0.0306. The number of allylic oxidation sites excluding steroid dienone is 2. The minimum atomic E-state index is -0.579. The lowest BCUT2D eigenvalue weighted by molar-refractivity contribution is -0.113. The molecule has 1 N–H and O–H groups in total. The van der Waals surface area contributed by atoms with Gasteiger partial charge in [-0.25, -0.2) is 9.79 Å². The number of nitrogens with zero attached hydrogens (tertiary/aromatic N) is 1. The number of hydrogen-bond donors (Lipinski definition) is 1. The van der Waals surface area contributed by atoms with Crippen molar-refractivity contribution < 1.29 is 23.8 Å². The third-order valence-electron chi connectivity index (χ3n) is 2.16. The van der Waals surface area contributed by atoms with E-state index in [2.05, 4.69) is 4.99 Å². The molecule has 0 atom stereocenters. The van der Waals surface area contributed by atoms with Crippen LogP contribution in [0.1, 0.15) is 31.3 Å². The molecular weight excluding hydrogens is 250 g/mol. The summed E-state index contributed by atoms with van der Waals surface area (Å²) in [6.45, 7) is 4.63. The molecule has 0 spiro atoms. The molecule has 102 valence electrons. The van der Waals surface area contributed by atoms with Crippen LogP contribution in [0.15, 0.2) is 32.9 Å². The zero-order chi connectivity index (χ0) is 14.4. The molecule has 1 rings (SSSR count). The molecule has 0 radical (unpaired) electrons. The van der Waals surface area contributed by atoms with E-state index in [1.54, 1.807) is 6.92 Å². The number of aliphatic hydroxyl groups excluding tert-OH is 1. The minimum Gasteiger partial charge on any atom is -0.512 e. The molecule has 0 saturated carbocycles. The van der Waals surface area contributed by atoms with Crippen molar-refractivity contribution in [3.8, 4) is 0 Å². The molecule has 0 amide bonds. The van der Waals surface area contributed by atoms with Crippen LogP contribution in [0, 0.1) is 0 Å². The van der Waals surface area contributed by atoms with Gasteiger partial charge in [-0.15, -0.1) is 0 Å². The van der Waals surface area contributed by atoms with E-state index in [0.29, 0.717) is 0 Å². The lowest BCUT2D eigenvalue weighted by Crippen LogP contribution is -2.02. The average Bonchev–Trinajstić information content (AvgIpc) is 2.77. The van der Waals surface area contributed by atoms with Crippen molar-refractivity contribution in [2.75, 3.05) is 6.61 Å². The molecule has 19 heavy (non-hydrogen) atoms. The van der Waals surface area contributed by atoms with Gasteiger partial charge < -0.3 is 14.3 Å². The lowest BCUT2D eigenvalue weighted by atomic mass is 10.2. The van der Waals surface area contributed by atoms with Crippen LogP contribution < -0.4 is 0 Å². The quantitative estimate of drug-likeness (QED) is 0.382. The normalized spacial score (nSPS) is 12.4. The first kappa shape index (κ1) is 14.7. The molecule has 0 unspecified atom stereocenters. The predicted octanol–water partition coefficient (Wildman–Crippen LogP) is 2.58. The van der Waals surface area contributed by atoms with Crippen LogP contribution in [-0.2, 0) is 9.53 Å². The van der Waals surface area contributed by atoms with Crippen molar-refractivity contribution in [1.82, 2.24) is 0 Å².